The van der Waals surface area contributed by atoms with Crippen LogP contribution in [-0.4, -0.2) is 0 Å². The molecule has 0 heterocycles. The largest absolute Gasteiger partial charge is 0.466 e. The Kier molecular flexibility index (Phi) is 9.20. The van der Waals surface area contributed by atoms with Gasteiger partial charge in [-0.1, -0.05) is 35.5 Å². The molecule has 0 radical (unpaired) electrons. The SMILES string of the molecule is C=C(C)C=C(CCC(=C)C)OC(=CC(=C)C)CCC(=C)C. The standard InChI is InChI=1S/C20H30O/c1-15(2)9-11-19(13-17(5)6)21-20(14-18(7)8)12-10-16(3)4/h13-14H,1,3,5,7,9-12H2,2,4,6,8H3. The van der Waals surface area contributed by atoms with Gasteiger partial charge in [-0.3, -0.25) is 0 Å². The first kappa shape index (κ1) is 19.2. The number of allylic oxidation sites excluding steroid dienone is 8. The molecular weight excluding hydrogens is 256 g/mol. The van der Waals surface area contributed by atoms with Crippen molar-refractivity contribution in [3.63, 3.8) is 0 Å². The molecule has 0 saturated heterocycles. The van der Waals surface area contributed by atoms with Crippen LogP contribution in [0, 0.1) is 0 Å². The predicted molar refractivity (Wildman–Crippen MR) is 95.0 cm³/mol. The molecule has 0 amide bonds. The van der Waals surface area contributed by atoms with E-state index >= 15 is 0 Å². The normalized spacial score (nSPS) is 12.0. The van der Waals surface area contributed by atoms with Crippen molar-refractivity contribution in [1.29, 1.82) is 0 Å². The van der Waals surface area contributed by atoms with Crippen molar-refractivity contribution in [2.45, 2.75) is 53.4 Å². The number of hydrogen-bond donors (Lipinski definition) is 0. The van der Waals surface area contributed by atoms with Crippen LogP contribution in [0.1, 0.15) is 53.4 Å². The lowest BCUT2D eigenvalue weighted by molar-refractivity contribution is 0.276. The summed E-state index contributed by atoms with van der Waals surface area (Å²) in [6.45, 7) is 23.8. The fourth-order valence-electron chi connectivity index (χ4n) is 1.70. The predicted octanol–water partition coefficient (Wildman–Crippen LogP) is 6.64. The highest BCUT2D eigenvalue weighted by molar-refractivity contribution is 5.21. The fraction of sp³-hybridized carbons (Fsp3) is 0.400. The zero-order chi connectivity index (χ0) is 16.4. The molecule has 0 aromatic carbocycles. The highest BCUT2D eigenvalue weighted by Gasteiger charge is 2.06. The molecule has 21 heavy (non-hydrogen) atoms. The van der Waals surface area contributed by atoms with Crippen LogP contribution >= 0.6 is 0 Å². The zero-order valence-electron chi connectivity index (χ0n) is 14.2. The highest BCUT2D eigenvalue weighted by atomic mass is 16.5. The molecule has 0 rings (SSSR count). The second-order valence-corrected chi connectivity index (χ2v) is 5.93. The topological polar surface area (TPSA) is 9.23 Å². The molecule has 1 nitrogen and oxygen atoms in total. The van der Waals surface area contributed by atoms with Crippen LogP contribution in [0.3, 0.4) is 0 Å². The van der Waals surface area contributed by atoms with Crippen LogP contribution in [0.2, 0.25) is 0 Å². The van der Waals surface area contributed by atoms with Gasteiger partial charge < -0.3 is 4.74 Å². The maximum atomic E-state index is 6.09. The van der Waals surface area contributed by atoms with Crippen LogP contribution in [0.15, 0.2) is 72.3 Å². The van der Waals surface area contributed by atoms with Crippen molar-refractivity contribution in [3.05, 3.63) is 72.3 Å². The first-order valence-electron chi connectivity index (χ1n) is 7.39. The van der Waals surface area contributed by atoms with E-state index in [1.807, 2.05) is 39.8 Å². The molecule has 0 N–H and O–H groups in total. The molecule has 0 bridgehead atoms. The van der Waals surface area contributed by atoms with E-state index in [9.17, 15) is 0 Å². The minimum atomic E-state index is 0.836. The Hall–Kier alpha value is -1.76. The summed E-state index contributed by atoms with van der Waals surface area (Å²) in [5.41, 5.74) is 4.28. The van der Waals surface area contributed by atoms with Gasteiger partial charge in [-0.25, -0.2) is 0 Å². The summed E-state index contributed by atoms with van der Waals surface area (Å²) in [6.07, 6.45) is 7.50. The average molecular weight is 286 g/mol. The monoisotopic (exact) mass is 286 g/mol. The van der Waals surface area contributed by atoms with E-state index in [0.717, 1.165) is 59.5 Å². The highest BCUT2D eigenvalue weighted by Crippen LogP contribution is 2.21. The number of ether oxygens (including phenoxy) is 1. The van der Waals surface area contributed by atoms with E-state index < -0.39 is 0 Å². The Labute approximate surface area is 131 Å². The third-order valence-electron chi connectivity index (χ3n) is 2.67. The van der Waals surface area contributed by atoms with Crippen LogP contribution < -0.4 is 0 Å². The van der Waals surface area contributed by atoms with Gasteiger partial charge >= 0.3 is 0 Å². The van der Waals surface area contributed by atoms with Gasteiger partial charge in [0.25, 0.3) is 0 Å². The fourth-order valence-corrected chi connectivity index (χ4v) is 1.70. The Morgan fingerprint density at radius 3 is 1.24 bits per heavy atom. The average Bonchev–Trinajstić information content (AvgIpc) is 2.31. The first-order chi connectivity index (χ1) is 9.70. The van der Waals surface area contributed by atoms with Gasteiger partial charge in [0.2, 0.25) is 0 Å². The summed E-state index contributed by atoms with van der Waals surface area (Å²) in [6, 6.07) is 0. The lowest BCUT2D eigenvalue weighted by Gasteiger charge is -2.14. The van der Waals surface area contributed by atoms with E-state index in [-0.39, 0.29) is 0 Å². The summed E-state index contributed by atoms with van der Waals surface area (Å²) in [7, 11) is 0. The second kappa shape index (κ2) is 10.0. The minimum Gasteiger partial charge on any atom is -0.466 e. The summed E-state index contributed by atoms with van der Waals surface area (Å²) < 4.78 is 6.09. The Morgan fingerprint density at radius 2 is 1.00 bits per heavy atom. The second-order valence-electron chi connectivity index (χ2n) is 5.93. The zero-order valence-corrected chi connectivity index (χ0v) is 14.2. The minimum absolute atomic E-state index is 0.836. The van der Waals surface area contributed by atoms with Gasteiger partial charge in [0.15, 0.2) is 0 Å². The molecule has 116 valence electrons. The molecule has 0 atom stereocenters. The van der Waals surface area contributed by atoms with Crippen LogP contribution in [0.25, 0.3) is 0 Å². The Morgan fingerprint density at radius 1 is 0.667 bits per heavy atom. The molecular formula is C20H30O. The van der Waals surface area contributed by atoms with E-state index in [1.54, 1.807) is 0 Å². The lowest BCUT2D eigenvalue weighted by atomic mass is 10.1. The van der Waals surface area contributed by atoms with Gasteiger partial charge in [0, 0.05) is 12.8 Å². The van der Waals surface area contributed by atoms with Crippen molar-refractivity contribution >= 4 is 0 Å². The van der Waals surface area contributed by atoms with Gasteiger partial charge in [-0.2, -0.15) is 0 Å². The van der Waals surface area contributed by atoms with Crippen molar-refractivity contribution in [2.75, 3.05) is 0 Å². The van der Waals surface area contributed by atoms with E-state index in [0.29, 0.717) is 0 Å². The van der Waals surface area contributed by atoms with E-state index in [1.165, 1.54) is 0 Å². The summed E-state index contributed by atoms with van der Waals surface area (Å²) in [5, 5.41) is 0. The van der Waals surface area contributed by atoms with Crippen LogP contribution in [0.5, 0.6) is 0 Å². The molecule has 0 aromatic heterocycles. The maximum Gasteiger partial charge on any atom is 0.104 e. The molecule has 0 unspecified atom stereocenters. The van der Waals surface area contributed by atoms with E-state index in [2.05, 4.69) is 26.3 Å². The quantitative estimate of drug-likeness (QED) is 0.248. The Balaban J connectivity index is 5.01. The first-order valence-corrected chi connectivity index (χ1v) is 7.39. The van der Waals surface area contributed by atoms with Gasteiger partial charge in [0.05, 0.1) is 0 Å². The molecule has 0 saturated carbocycles. The molecule has 0 fully saturated rings. The van der Waals surface area contributed by atoms with E-state index in [4.69, 9.17) is 4.74 Å². The summed E-state index contributed by atoms with van der Waals surface area (Å²) in [5.74, 6) is 1.86. The van der Waals surface area contributed by atoms with Crippen molar-refractivity contribution in [3.8, 4) is 0 Å². The lowest BCUT2D eigenvalue weighted by Crippen LogP contribution is -1.97. The van der Waals surface area contributed by atoms with Crippen molar-refractivity contribution < 1.29 is 4.74 Å². The molecule has 1 heteroatoms. The van der Waals surface area contributed by atoms with Crippen molar-refractivity contribution in [2.24, 2.45) is 0 Å². The molecule has 0 spiro atoms. The van der Waals surface area contributed by atoms with Crippen LogP contribution in [0.4, 0.5) is 0 Å². The third-order valence-corrected chi connectivity index (χ3v) is 2.67. The molecule has 0 aliphatic rings. The van der Waals surface area contributed by atoms with Crippen LogP contribution in [-0.2, 0) is 4.74 Å². The molecule has 0 aliphatic heterocycles. The Bertz CT molecular complexity index is 428. The summed E-state index contributed by atoms with van der Waals surface area (Å²) in [4.78, 5) is 0. The molecule has 0 aliphatic carbocycles. The maximum absolute atomic E-state index is 6.09. The molecule has 0 aromatic rings. The summed E-state index contributed by atoms with van der Waals surface area (Å²) >= 11 is 0. The third kappa shape index (κ3) is 11.7. The number of rotatable bonds is 10. The van der Waals surface area contributed by atoms with Gasteiger partial charge in [-0.05, 0) is 52.7 Å². The van der Waals surface area contributed by atoms with Gasteiger partial charge in [-0.15, -0.1) is 13.2 Å². The van der Waals surface area contributed by atoms with Gasteiger partial charge in [0.1, 0.15) is 11.5 Å². The van der Waals surface area contributed by atoms with Crippen molar-refractivity contribution in [1.82, 2.24) is 0 Å². The number of hydrogen-bond acceptors (Lipinski definition) is 1. The smallest absolute Gasteiger partial charge is 0.104 e.